The Kier molecular flexibility index (Phi) is 4.85. The monoisotopic (exact) mass is 511 g/mol. The summed E-state index contributed by atoms with van der Waals surface area (Å²) in [5.41, 5.74) is 9.71. The van der Waals surface area contributed by atoms with E-state index in [1.807, 2.05) is 24.3 Å². The van der Waals surface area contributed by atoms with Gasteiger partial charge in [-0.2, -0.15) is 5.26 Å². The van der Waals surface area contributed by atoms with Crippen molar-refractivity contribution in [2.45, 2.75) is 0 Å². The molecule has 0 aliphatic rings. The van der Waals surface area contributed by atoms with Crippen LogP contribution in [0.1, 0.15) is 5.56 Å². The molecule has 0 aliphatic carbocycles. The number of pyridine rings is 1. The molecule has 0 atom stereocenters. The predicted molar refractivity (Wildman–Crippen MR) is 161 cm³/mol. The SMILES string of the molecule is N#Cc1ccncc1-c1cccc(-c2ccccc2-n2c3ccccc3c3cc4oc5ccccc5c4cc32)c1. The second-order valence-corrected chi connectivity index (χ2v) is 9.95. The number of hydrogen-bond acceptors (Lipinski definition) is 3. The van der Waals surface area contributed by atoms with Crippen molar-refractivity contribution in [3.8, 4) is 34.0 Å². The number of rotatable bonds is 3. The van der Waals surface area contributed by atoms with Crippen LogP contribution < -0.4 is 0 Å². The topological polar surface area (TPSA) is 54.8 Å². The van der Waals surface area contributed by atoms with Gasteiger partial charge in [-0.25, -0.2) is 0 Å². The minimum atomic E-state index is 0.610. The largest absolute Gasteiger partial charge is 0.456 e. The molecule has 186 valence electrons. The third kappa shape index (κ3) is 3.28. The van der Waals surface area contributed by atoms with Gasteiger partial charge in [0.05, 0.1) is 28.4 Å². The molecule has 5 aromatic carbocycles. The van der Waals surface area contributed by atoms with Gasteiger partial charge in [-0.05, 0) is 53.6 Å². The number of hydrogen-bond donors (Lipinski definition) is 0. The highest BCUT2D eigenvalue weighted by atomic mass is 16.3. The molecular formula is C36H21N3O. The summed E-state index contributed by atoms with van der Waals surface area (Å²) in [4.78, 5) is 4.28. The lowest BCUT2D eigenvalue weighted by Gasteiger charge is -2.15. The number of benzene rings is 5. The second-order valence-electron chi connectivity index (χ2n) is 9.95. The highest BCUT2D eigenvalue weighted by Gasteiger charge is 2.18. The van der Waals surface area contributed by atoms with Gasteiger partial charge in [-0.3, -0.25) is 4.98 Å². The second kappa shape index (κ2) is 8.69. The van der Waals surface area contributed by atoms with Crippen LogP contribution in [-0.2, 0) is 0 Å². The molecule has 4 heteroatoms. The van der Waals surface area contributed by atoms with Crippen LogP contribution >= 0.6 is 0 Å². The summed E-state index contributed by atoms with van der Waals surface area (Å²) >= 11 is 0. The maximum Gasteiger partial charge on any atom is 0.136 e. The zero-order valence-corrected chi connectivity index (χ0v) is 21.4. The minimum Gasteiger partial charge on any atom is -0.456 e. The Labute approximate surface area is 230 Å². The lowest BCUT2D eigenvalue weighted by molar-refractivity contribution is 0.669. The molecule has 0 saturated carbocycles. The predicted octanol–water partition coefficient (Wildman–Crippen LogP) is 9.28. The average Bonchev–Trinajstić information content (AvgIpc) is 3.55. The number of furan rings is 1. The van der Waals surface area contributed by atoms with E-state index in [0.717, 1.165) is 66.3 Å². The van der Waals surface area contributed by atoms with E-state index >= 15 is 0 Å². The van der Waals surface area contributed by atoms with Crippen molar-refractivity contribution < 1.29 is 4.42 Å². The molecule has 0 saturated heterocycles. The number of para-hydroxylation sites is 3. The van der Waals surface area contributed by atoms with Crippen LogP contribution in [0.15, 0.2) is 132 Å². The molecule has 0 spiro atoms. The van der Waals surface area contributed by atoms with Gasteiger partial charge in [-0.1, -0.05) is 72.8 Å². The lowest BCUT2D eigenvalue weighted by atomic mass is 9.96. The van der Waals surface area contributed by atoms with Crippen molar-refractivity contribution in [2.24, 2.45) is 0 Å². The average molecular weight is 512 g/mol. The Morgan fingerprint density at radius 3 is 2.27 bits per heavy atom. The van der Waals surface area contributed by atoms with Crippen molar-refractivity contribution in [1.82, 2.24) is 9.55 Å². The van der Waals surface area contributed by atoms with Crippen LogP contribution in [0.5, 0.6) is 0 Å². The van der Waals surface area contributed by atoms with Crippen LogP contribution in [0.25, 0.3) is 71.7 Å². The Balaban J connectivity index is 1.42. The number of aromatic nitrogens is 2. The van der Waals surface area contributed by atoms with Crippen LogP contribution in [-0.4, -0.2) is 9.55 Å². The van der Waals surface area contributed by atoms with Gasteiger partial charge in [0, 0.05) is 45.1 Å². The quantitative estimate of drug-likeness (QED) is 0.237. The molecule has 4 nitrogen and oxygen atoms in total. The van der Waals surface area contributed by atoms with Crippen LogP contribution in [0, 0.1) is 11.3 Å². The fraction of sp³-hybridized carbons (Fsp3) is 0. The highest BCUT2D eigenvalue weighted by Crippen LogP contribution is 2.40. The summed E-state index contributed by atoms with van der Waals surface area (Å²) in [5, 5.41) is 14.2. The van der Waals surface area contributed by atoms with E-state index in [-0.39, 0.29) is 0 Å². The Bertz CT molecular complexity index is 2300. The molecule has 8 rings (SSSR count). The molecule has 40 heavy (non-hydrogen) atoms. The summed E-state index contributed by atoms with van der Waals surface area (Å²) in [6.45, 7) is 0. The smallest absolute Gasteiger partial charge is 0.136 e. The van der Waals surface area contributed by atoms with Crippen LogP contribution in [0.4, 0.5) is 0 Å². The normalized spacial score (nSPS) is 11.5. The molecule has 0 aliphatic heterocycles. The lowest BCUT2D eigenvalue weighted by Crippen LogP contribution is -1.97. The van der Waals surface area contributed by atoms with Crippen molar-refractivity contribution in [3.05, 3.63) is 133 Å². The van der Waals surface area contributed by atoms with E-state index in [1.54, 1.807) is 18.5 Å². The fourth-order valence-corrected chi connectivity index (χ4v) is 5.94. The molecule has 0 N–H and O–H groups in total. The van der Waals surface area contributed by atoms with Crippen molar-refractivity contribution in [1.29, 1.82) is 5.26 Å². The van der Waals surface area contributed by atoms with E-state index in [1.165, 1.54) is 5.39 Å². The third-order valence-corrected chi connectivity index (χ3v) is 7.74. The molecule has 3 heterocycles. The molecule has 3 aromatic heterocycles. The maximum atomic E-state index is 9.67. The minimum absolute atomic E-state index is 0.610. The van der Waals surface area contributed by atoms with Crippen LogP contribution in [0.2, 0.25) is 0 Å². The highest BCUT2D eigenvalue weighted by molar-refractivity contribution is 6.17. The fourth-order valence-electron chi connectivity index (χ4n) is 5.94. The zero-order valence-electron chi connectivity index (χ0n) is 21.4. The van der Waals surface area contributed by atoms with Gasteiger partial charge < -0.3 is 8.98 Å². The van der Waals surface area contributed by atoms with E-state index in [0.29, 0.717) is 5.56 Å². The van der Waals surface area contributed by atoms with Crippen molar-refractivity contribution >= 4 is 43.7 Å². The summed E-state index contributed by atoms with van der Waals surface area (Å²) in [6.07, 6.45) is 3.42. The third-order valence-electron chi connectivity index (χ3n) is 7.74. The molecule has 0 bridgehead atoms. The standard InChI is InChI=1S/C36H21N3O/c37-21-25-16-17-38-22-31(25)24-9-7-8-23(18-24)26-10-1-4-13-32(26)39-33-14-5-2-11-27(33)29-20-36-30(19-34(29)39)28-12-3-6-15-35(28)40-36/h1-20,22H. The maximum absolute atomic E-state index is 9.67. The van der Waals surface area contributed by atoms with Gasteiger partial charge in [0.2, 0.25) is 0 Å². The molecule has 0 unspecified atom stereocenters. The van der Waals surface area contributed by atoms with Crippen molar-refractivity contribution in [3.63, 3.8) is 0 Å². The molecule has 8 aromatic rings. The zero-order chi connectivity index (χ0) is 26.6. The Morgan fingerprint density at radius 2 is 1.38 bits per heavy atom. The summed E-state index contributed by atoms with van der Waals surface area (Å²) < 4.78 is 8.61. The van der Waals surface area contributed by atoms with Gasteiger partial charge >= 0.3 is 0 Å². The summed E-state index contributed by atoms with van der Waals surface area (Å²) in [7, 11) is 0. The molecular weight excluding hydrogens is 490 g/mol. The van der Waals surface area contributed by atoms with E-state index < -0.39 is 0 Å². The van der Waals surface area contributed by atoms with E-state index in [4.69, 9.17) is 4.42 Å². The van der Waals surface area contributed by atoms with Gasteiger partial charge in [-0.15, -0.1) is 0 Å². The van der Waals surface area contributed by atoms with Gasteiger partial charge in [0.1, 0.15) is 11.2 Å². The Morgan fingerprint density at radius 1 is 0.600 bits per heavy atom. The first kappa shape index (κ1) is 22.3. The number of fused-ring (bicyclic) bond motifs is 6. The van der Waals surface area contributed by atoms with Gasteiger partial charge in [0.15, 0.2) is 0 Å². The first-order valence-corrected chi connectivity index (χ1v) is 13.2. The van der Waals surface area contributed by atoms with E-state index in [9.17, 15) is 5.26 Å². The first-order chi connectivity index (χ1) is 19.8. The number of nitrogens with zero attached hydrogens (tertiary/aromatic N) is 3. The number of nitriles is 1. The van der Waals surface area contributed by atoms with Gasteiger partial charge in [0.25, 0.3) is 0 Å². The Hall–Kier alpha value is -5.66. The summed E-state index contributed by atoms with van der Waals surface area (Å²) in [5.74, 6) is 0. The molecule has 0 amide bonds. The summed E-state index contributed by atoms with van der Waals surface area (Å²) in [6, 6.07) is 42.1. The van der Waals surface area contributed by atoms with E-state index in [2.05, 4.69) is 101 Å². The van der Waals surface area contributed by atoms with Crippen molar-refractivity contribution in [2.75, 3.05) is 0 Å². The molecule has 0 fully saturated rings. The first-order valence-electron chi connectivity index (χ1n) is 13.2. The molecule has 0 radical (unpaired) electrons. The van der Waals surface area contributed by atoms with Crippen LogP contribution in [0.3, 0.4) is 0 Å².